The molecule has 0 aliphatic rings. The summed E-state index contributed by atoms with van der Waals surface area (Å²) in [6.07, 6.45) is 1.70. The molecule has 0 aliphatic heterocycles. The van der Waals surface area contributed by atoms with Crippen LogP contribution >= 0.6 is 0 Å². The van der Waals surface area contributed by atoms with Crippen LogP contribution in [-0.4, -0.2) is 30.7 Å². The SMILES string of the molecule is CCOc1cc(C(=O)NC(C)c2ccccn2)cc(OCC)c1OCC. The number of nitrogens with zero attached hydrogens (tertiary/aromatic N) is 1. The molecule has 1 atom stereocenters. The maximum atomic E-state index is 12.7. The number of amides is 1. The van der Waals surface area contributed by atoms with Crippen LogP contribution < -0.4 is 19.5 Å². The summed E-state index contributed by atoms with van der Waals surface area (Å²) in [5.74, 6) is 1.28. The van der Waals surface area contributed by atoms with Gasteiger partial charge in [-0.1, -0.05) is 6.07 Å². The minimum absolute atomic E-state index is 0.221. The Balaban J connectivity index is 2.30. The van der Waals surface area contributed by atoms with Gasteiger partial charge in [0.2, 0.25) is 5.75 Å². The van der Waals surface area contributed by atoms with Crippen molar-refractivity contribution in [1.82, 2.24) is 10.3 Å². The molecule has 0 spiro atoms. The minimum Gasteiger partial charge on any atom is -0.490 e. The van der Waals surface area contributed by atoms with Crippen molar-refractivity contribution >= 4 is 5.91 Å². The van der Waals surface area contributed by atoms with E-state index in [-0.39, 0.29) is 11.9 Å². The lowest BCUT2D eigenvalue weighted by Crippen LogP contribution is -2.27. The van der Waals surface area contributed by atoms with E-state index in [4.69, 9.17) is 14.2 Å². The number of hydrogen-bond donors (Lipinski definition) is 1. The molecule has 6 nitrogen and oxygen atoms in total. The fraction of sp³-hybridized carbons (Fsp3) is 0.400. The van der Waals surface area contributed by atoms with Gasteiger partial charge >= 0.3 is 0 Å². The first kappa shape index (κ1) is 19.6. The third-order valence-corrected chi connectivity index (χ3v) is 3.65. The normalized spacial score (nSPS) is 11.5. The van der Waals surface area contributed by atoms with Crippen LogP contribution in [0.5, 0.6) is 17.2 Å². The molecule has 140 valence electrons. The summed E-state index contributed by atoms with van der Waals surface area (Å²) in [6.45, 7) is 8.94. The van der Waals surface area contributed by atoms with E-state index in [1.807, 2.05) is 45.9 Å². The maximum absolute atomic E-state index is 12.7. The van der Waals surface area contributed by atoms with Crippen molar-refractivity contribution in [2.24, 2.45) is 0 Å². The van der Waals surface area contributed by atoms with Crippen LogP contribution in [0.1, 0.15) is 49.8 Å². The molecule has 0 saturated heterocycles. The van der Waals surface area contributed by atoms with Gasteiger partial charge in [-0.25, -0.2) is 0 Å². The summed E-state index contributed by atoms with van der Waals surface area (Å²) < 4.78 is 17.0. The standard InChI is InChI=1S/C20H26N2O4/c1-5-24-17-12-15(13-18(25-6-2)19(17)26-7-3)20(23)22-14(4)16-10-8-9-11-21-16/h8-14H,5-7H2,1-4H3,(H,22,23). The first-order chi connectivity index (χ1) is 12.6. The van der Waals surface area contributed by atoms with Gasteiger partial charge in [-0.05, 0) is 52.0 Å². The average molecular weight is 358 g/mol. The molecule has 1 amide bonds. The van der Waals surface area contributed by atoms with Gasteiger partial charge in [0.05, 0.1) is 31.6 Å². The molecule has 2 aromatic rings. The number of ether oxygens (including phenoxy) is 3. The smallest absolute Gasteiger partial charge is 0.252 e. The second-order valence-electron chi connectivity index (χ2n) is 5.55. The molecule has 1 unspecified atom stereocenters. The van der Waals surface area contributed by atoms with E-state index in [9.17, 15) is 4.79 Å². The van der Waals surface area contributed by atoms with E-state index >= 15 is 0 Å². The number of rotatable bonds is 9. The molecular formula is C20H26N2O4. The highest BCUT2D eigenvalue weighted by atomic mass is 16.5. The van der Waals surface area contributed by atoms with Crippen molar-refractivity contribution < 1.29 is 19.0 Å². The molecule has 0 saturated carbocycles. The fourth-order valence-corrected chi connectivity index (χ4v) is 2.51. The molecule has 0 bridgehead atoms. The Labute approximate surface area is 154 Å². The first-order valence-corrected chi connectivity index (χ1v) is 8.88. The monoisotopic (exact) mass is 358 g/mol. The summed E-state index contributed by atoms with van der Waals surface area (Å²) in [7, 11) is 0. The van der Waals surface area contributed by atoms with Crippen LogP contribution in [0.3, 0.4) is 0 Å². The molecule has 1 N–H and O–H groups in total. The Morgan fingerprint density at radius 1 is 1.04 bits per heavy atom. The highest BCUT2D eigenvalue weighted by molar-refractivity contribution is 5.95. The number of carbonyl (C=O) groups excluding carboxylic acids is 1. The van der Waals surface area contributed by atoms with Gasteiger partial charge in [-0.2, -0.15) is 0 Å². The van der Waals surface area contributed by atoms with Crippen molar-refractivity contribution in [1.29, 1.82) is 0 Å². The van der Waals surface area contributed by atoms with Crippen molar-refractivity contribution in [3.8, 4) is 17.2 Å². The van der Waals surface area contributed by atoms with E-state index < -0.39 is 0 Å². The topological polar surface area (TPSA) is 69.7 Å². The van der Waals surface area contributed by atoms with Crippen LogP contribution in [0.4, 0.5) is 0 Å². The summed E-state index contributed by atoms with van der Waals surface area (Å²) in [5.41, 5.74) is 1.24. The Hall–Kier alpha value is -2.76. The number of pyridine rings is 1. The van der Waals surface area contributed by atoms with Crippen LogP contribution in [0.25, 0.3) is 0 Å². The Morgan fingerprint density at radius 3 is 2.15 bits per heavy atom. The minimum atomic E-state index is -0.229. The highest BCUT2D eigenvalue weighted by Crippen LogP contribution is 2.39. The predicted octanol–water partition coefficient (Wildman–Crippen LogP) is 3.77. The van der Waals surface area contributed by atoms with E-state index in [1.54, 1.807) is 18.3 Å². The van der Waals surface area contributed by atoms with E-state index in [1.165, 1.54) is 0 Å². The van der Waals surface area contributed by atoms with Crippen LogP contribution in [-0.2, 0) is 0 Å². The van der Waals surface area contributed by atoms with E-state index in [0.29, 0.717) is 42.6 Å². The first-order valence-electron chi connectivity index (χ1n) is 8.88. The van der Waals surface area contributed by atoms with Gasteiger partial charge < -0.3 is 19.5 Å². The van der Waals surface area contributed by atoms with Crippen LogP contribution in [0.15, 0.2) is 36.5 Å². The lowest BCUT2D eigenvalue weighted by atomic mass is 10.1. The quantitative estimate of drug-likeness (QED) is 0.739. The van der Waals surface area contributed by atoms with Gasteiger partial charge in [0.1, 0.15) is 0 Å². The lowest BCUT2D eigenvalue weighted by Gasteiger charge is -2.18. The predicted molar refractivity (Wildman–Crippen MR) is 100 cm³/mol. The highest BCUT2D eigenvalue weighted by Gasteiger charge is 2.19. The van der Waals surface area contributed by atoms with Gasteiger partial charge in [-0.15, -0.1) is 0 Å². The second kappa shape index (κ2) is 9.65. The third-order valence-electron chi connectivity index (χ3n) is 3.65. The van der Waals surface area contributed by atoms with Crippen molar-refractivity contribution in [2.45, 2.75) is 33.7 Å². The Bertz CT molecular complexity index is 692. The largest absolute Gasteiger partial charge is 0.490 e. The molecule has 0 aliphatic carbocycles. The van der Waals surface area contributed by atoms with Crippen molar-refractivity contribution in [2.75, 3.05) is 19.8 Å². The molecule has 2 rings (SSSR count). The van der Waals surface area contributed by atoms with Gasteiger partial charge in [-0.3, -0.25) is 9.78 Å². The molecule has 1 aromatic heterocycles. The summed E-state index contributed by atoms with van der Waals surface area (Å²) in [4.78, 5) is 17.0. The van der Waals surface area contributed by atoms with Crippen molar-refractivity contribution in [3.63, 3.8) is 0 Å². The zero-order valence-electron chi connectivity index (χ0n) is 15.7. The van der Waals surface area contributed by atoms with E-state index in [0.717, 1.165) is 5.69 Å². The molecule has 1 heterocycles. The molecule has 6 heteroatoms. The average Bonchev–Trinajstić information content (AvgIpc) is 2.65. The summed E-state index contributed by atoms with van der Waals surface area (Å²) in [6, 6.07) is 8.74. The van der Waals surface area contributed by atoms with Gasteiger partial charge in [0.15, 0.2) is 11.5 Å². The molecule has 26 heavy (non-hydrogen) atoms. The lowest BCUT2D eigenvalue weighted by molar-refractivity contribution is 0.0938. The fourth-order valence-electron chi connectivity index (χ4n) is 2.51. The Morgan fingerprint density at radius 2 is 1.65 bits per heavy atom. The third kappa shape index (κ3) is 4.88. The zero-order valence-corrected chi connectivity index (χ0v) is 15.7. The summed E-state index contributed by atoms with van der Waals surface area (Å²) >= 11 is 0. The number of aromatic nitrogens is 1. The second-order valence-corrected chi connectivity index (χ2v) is 5.55. The number of hydrogen-bond acceptors (Lipinski definition) is 5. The van der Waals surface area contributed by atoms with Gasteiger partial charge in [0.25, 0.3) is 5.91 Å². The number of nitrogens with one attached hydrogen (secondary N) is 1. The van der Waals surface area contributed by atoms with E-state index in [2.05, 4.69) is 10.3 Å². The molecule has 1 aromatic carbocycles. The summed E-state index contributed by atoms with van der Waals surface area (Å²) in [5, 5.41) is 2.95. The van der Waals surface area contributed by atoms with Crippen LogP contribution in [0.2, 0.25) is 0 Å². The van der Waals surface area contributed by atoms with Gasteiger partial charge in [0, 0.05) is 11.8 Å². The van der Waals surface area contributed by atoms with Crippen LogP contribution in [0, 0.1) is 0 Å². The Kier molecular flexibility index (Phi) is 7.26. The zero-order chi connectivity index (χ0) is 18.9. The number of carbonyl (C=O) groups is 1. The van der Waals surface area contributed by atoms with Crippen molar-refractivity contribution in [3.05, 3.63) is 47.8 Å². The maximum Gasteiger partial charge on any atom is 0.252 e. The number of benzene rings is 1. The molecular weight excluding hydrogens is 332 g/mol. The molecule has 0 fully saturated rings. The molecule has 0 radical (unpaired) electrons.